The number of anilines is 1. The van der Waals surface area contributed by atoms with Crippen molar-refractivity contribution >= 4 is 39.1 Å². The minimum Gasteiger partial charge on any atom is -0.352 e. The van der Waals surface area contributed by atoms with Gasteiger partial charge in [-0.3, -0.25) is 13.9 Å². The van der Waals surface area contributed by atoms with Gasteiger partial charge in [0.05, 0.1) is 10.6 Å². The number of carbonyl (C=O) groups is 2. The van der Waals surface area contributed by atoms with E-state index in [1.54, 1.807) is 18.2 Å². The van der Waals surface area contributed by atoms with Crippen LogP contribution >= 0.6 is 11.6 Å². The van der Waals surface area contributed by atoms with Crippen molar-refractivity contribution in [3.8, 4) is 0 Å². The molecular formula is C34H36ClN3O4S. The molecule has 0 saturated carbocycles. The summed E-state index contributed by atoms with van der Waals surface area (Å²) in [5, 5.41) is 3.36. The van der Waals surface area contributed by atoms with Gasteiger partial charge in [-0.05, 0) is 73.9 Å². The Balaban J connectivity index is 1.79. The summed E-state index contributed by atoms with van der Waals surface area (Å²) in [6, 6.07) is 30.6. The number of carbonyl (C=O) groups excluding carboxylic acids is 2. The van der Waals surface area contributed by atoms with Crippen LogP contribution in [0.25, 0.3) is 0 Å². The number of halogens is 1. The maximum Gasteiger partial charge on any atom is 0.264 e. The fourth-order valence-electron chi connectivity index (χ4n) is 4.76. The van der Waals surface area contributed by atoms with Gasteiger partial charge in [0, 0.05) is 24.0 Å². The molecule has 0 aliphatic heterocycles. The van der Waals surface area contributed by atoms with Gasteiger partial charge in [0.25, 0.3) is 10.0 Å². The lowest BCUT2D eigenvalue weighted by Crippen LogP contribution is -2.54. The standard InChI is InChI=1S/C34H36ClN3O4S/c1-25(2)36-34(40)32(22-27-12-6-4-7-13-27)37(23-28-14-8-5-9-15-28)33(39)24-38(30-16-10-11-26(3)21-30)43(41,42)31-19-17-29(35)18-20-31/h4-21,25,32H,22-24H2,1-3H3,(H,36,40). The van der Waals surface area contributed by atoms with Gasteiger partial charge in [-0.1, -0.05) is 84.4 Å². The molecule has 0 heterocycles. The zero-order valence-corrected chi connectivity index (χ0v) is 26.1. The monoisotopic (exact) mass is 617 g/mol. The highest BCUT2D eigenvalue weighted by molar-refractivity contribution is 7.92. The van der Waals surface area contributed by atoms with Gasteiger partial charge in [-0.2, -0.15) is 0 Å². The highest BCUT2D eigenvalue weighted by Gasteiger charge is 2.34. The Morgan fingerprint density at radius 2 is 1.42 bits per heavy atom. The molecule has 0 bridgehead atoms. The Kier molecular flexibility index (Phi) is 10.6. The van der Waals surface area contributed by atoms with Crippen LogP contribution in [0.2, 0.25) is 5.02 Å². The Bertz CT molecular complexity index is 1630. The Hall–Kier alpha value is -4.14. The quantitative estimate of drug-likeness (QED) is 0.211. The van der Waals surface area contributed by atoms with Crippen LogP contribution < -0.4 is 9.62 Å². The second kappa shape index (κ2) is 14.4. The van der Waals surface area contributed by atoms with E-state index in [1.165, 1.54) is 29.2 Å². The number of amides is 2. The lowest BCUT2D eigenvalue weighted by atomic mass is 10.0. The number of aryl methyl sites for hydroxylation is 1. The summed E-state index contributed by atoms with van der Waals surface area (Å²) in [7, 11) is -4.19. The largest absolute Gasteiger partial charge is 0.352 e. The highest BCUT2D eigenvalue weighted by atomic mass is 35.5. The van der Waals surface area contributed by atoms with Crippen molar-refractivity contribution in [2.24, 2.45) is 0 Å². The fraction of sp³-hybridized carbons (Fsp3) is 0.235. The minimum absolute atomic E-state index is 0.000739. The molecule has 1 atom stereocenters. The van der Waals surface area contributed by atoms with Gasteiger partial charge >= 0.3 is 0 Å². The number of hydrogen-bond acceptors (Lipinski definition) is 4. The molecule has 0 fully saturated rings. The Morgan fingerprint density at radius 3 is 2.00 bits per heavy atom. The third-order valence-corrected chi connectivity index (χ3v) is 8.91. The molecule has 1 N–H and O–H groups in total. The molecule has 9 heteroatoms. The van der Waals surface area contributed by atoms with Crippen LogP contribution in [0.4, 0.5) is 5.69 Å². The first-order chi connectivity index (χ1) is 20.5. The van der Waals surface area contributed by atoms with E-state index in [0.717, 1.165) is 21.0 Å². The van der Waals surface area contributed by atoms with Gasteiger partial charge in [0.1, 0.15) is 12.6 Å². The molecule has 7 nitrogen and oxygen atoms in total. The summed E-state index contributed by atoms with van der Waals surface area (Å²) in [6.45, 7) is 5.18. The fourth-order valence-corrected chi connectivity index (χ4v) is 6.29. The summed E-state index contributed by atoms with van der Waals surface area (Å²) >= 11 is 6.04. The van der Waals surface area contributed by atoms with Crippen LogP contribution in [0.15, 0.2) is 114 Å². The first kappa shape index (κ1) is 31.8. The van der Waals surface area contributed by atoms with E-state index in [2.05, 4.69) is 5.32 Å². The lowest BCUT2D eigenvalue weighted by molar-refractivity contribution is -0.140. The number of sulfonamides is 1. The lowest BCUT2D eigenvalue weighted by Gasteiger charge is -2.34. The number of rotatable bonds is 12. The van der Waals surface area contributed by atoms with E-state index >= 15 is 0 Å². The third-order valence-electron chi connectivity index (χ3n) is 6.87. The van der Waals surface area contributed by atoms with Crippen LogP contribution in [-0.4, -0.2) is 43.8 Å². The first-order valence-corrected chi connectivity index (χ1v) is 15.9. The zero-order valence-electron chi connectivity index (χ0n) is 24.5. The average Bonchev–Trinajstić information content (AvgIpc) is 2.98. The molecule has 0 aromatic heterocycles. The van der Waals surface area contributed by atoms with Crippen molar-refractivity contribution in [3.63, 3.8) is 0 Å². The summed E-state index contributed by atoms with van der Waals surface area (Å²) in [5.41, 5.74) is 2.87. The molecule has 0 saturated heterocycles. The zero-order chi connectivity index (χ0) is 31.0. The summed E-state index contributed by atoms with van der Waals surface area (Å²) in [6.07, 6.45) is 0.256. The van der Waals surface area contributed by atoms with Crippen LogP contribution in [0.1, 0.15) is 30.5 Å². The van der Waals surface area contributed by atoms with Crippen LogP contribution in [-0.2, 0) is 32.6 Å². The molecular weight excluding hydrogens is 582 g/mol. The summed E-state index contributed by atoms with van der Waals surface area (Å²) in [5.74, 6) is -0.825. The van der Waals surface area contributed by atoms with Gasteiger partial charge in [-0.15, -0.1) is 0 Å². The van der Waals surface area contributed by atoms with Crippen molar-refractivity contribution in [2.75, 3.05) is 10.8 Å². The van der Waals surface area contributed by atoms with Crippen molar-refractivity contribution in [1.29, 1.82) is 0 Å². The molecule has 2 amide bonds. The van der Waals surface area contributed by atoms with Gasteiger partial charge in [-0.25, -0.2) is 8.42 Å². The van der Waals surface area contributed by atoms with E-state index < -0.39 is 28.5 Å². The van der Waals surface area contributed by atoms with Crippen LogP contribution in [0.5, 0.6) is 0 Å². The van der Waals surface area contributed by atoms with Gasteiger partial charge < -0.3 is 10.2 Å². The maximum atomic E-state index is 14.4. The molecule has 0 aliphatic carbocycles. The molecule has 43 heavy (non-hydrogen) atoms. The first-order valence-electron chi connectivity index (χ1n) is 14.1. The van der Waals surface area contributed by atoms with E-state index in [-0.39, 0.29) is 29.8 Å². The van der Waals surface area contributed by atoms with E-state index in [0.29, 0.717) is 10.7 Å². The number of hydrogen-bond donors (Lipinski definition) is 1. The average molecular weight is 618 g/mol. The molecule has 1 unspecified atom stereocenters. The predicted molar refractivity (Wildman–Crippen MR) is 171 cm³/mol. The predicted octanol–water partition coefficient (Wildman–Crippen LogP) is 6.01. The van der Waals surface area contributed by atoms with Crippen molar-refractivity contribution in [1.82, 2.24) is 10.2 Å². The summed E-state index contributed by atoms with van der Waals surface area (Å²) < 4.78 is 29.2. The Labute approximate surface area is 259 Å². The minimum atomic E-state index is -4.19. The van der Waals surface area contributed by atoms with Crippen molar-refractivity contribution < 1.29 is 18.0 Å². The molecule has 4 aromatic rings. The van der Waals surface area contributed by atoms with E-state index in [1.807, 2.05) is 87.5 Å². The van der Waals surface area contributed by atoms with Gasteiger partial charge in [0.15, 0.2) is 0 Å². The number of nitrogens with zero attached hydrogens (tertiary/aromatic N) is 2. The molecule has 0 radical (unpaired) electrons. The summed E-state index contributed by atoms with van der Waals surface area (Å²) in [4.78, 5) is 29.6. The second-order valence-corrected chi connectivity index (χ2v) is 13.0. The van der Waals surface area contributed by atoms with E-state index in [4.69, 9.17) is 11.6 Å². The van der Waals surface area contributed by atoms with Gasteiger partial charge in [0.2, 0.25) is 11.8 Å². The smallest absolute Gasteiger partial charge is 0.264 e. The second-order valence-electron chi connectivity index (χ2n) is 10.7. The van der Waals surface area contributed by atoms with Crippen molar-refractivity contribution in [2.45, 2.75) is 50.7 Å². The van der Waals surface area contributed by atoms with Crippen molar-refractivity contribution in [3.05, 3.63) is 131 Å². The van der Waals surface area contributed by atoms with Crippen LogP contribution in [0, 0.1) is 6.92 Å². The molecule has 0 aliphatic rings. The third kappa shape index (κ3) is 8.46. The number of nitrogens with one attached hydrogen (secondary N) is 1. The molecule has 4 rings (SSSR count). The normalized spacial score (nSPS) is 12.0. The topological polar surface area (TPSA) is 86.8 Å². The van der Waals surface area contributed by atoms with Crippen LogP contribution in [0.3, 0.4) is 0 Å². The maximum absolute atomic E-state index is 14.4. The highest BCUT2D eigenvalue weighted by Crippen LogP contribution is 2.26. The number of benzene rings is 4. The molecule has 224 valence electrons. The molecule has 4 aromatic carbocycles. The Morgan fingerprint density at radius 1 is 0.814 bits per heavy atom. The SMILES string of the molecule is Cc1cccc(N(CC(=O)N(Cc2ccccc2)C(Cc2ccccc2)C(=O)NC(C)C)S(=O)(=O)c2ccc(Cl)cc2)c1. The van der Waals surface area contributed by atoms with E-state index in [9.17, 15) is 18.0 Å². The molecule has 0 spiro atoms.